The molecule has 5 heteroatoms. The summed E-state index contributed by atoms with van der Waals surface area (Å²) >= 11 is 0. The molecule has 1 aliphatic heterocycles. The number of anilines is 1. The largest absolute Gasteiger partial charge is 0.504 e. The van der Waals surface area contributed by atoms with Crippen molar-refractivity contribution in [1.29, 1.82) is 0 Å². The van der Waals surface area contributed by atoms with E-state index in [1.54, 1.807) is 12.3 Å². The number of phenolic OH excluding ortho intramolecular Hbond substituents is 1. The molecule has 1 N–H and O–H groups in total. The highest BCUT2D eigenvalue weighted by molar-refractivity contribution is 5.72. The Morgan fingerprint density at radius 1 is 1.11 bits per heavy atom. The van der Waals surface area contributed by atoms with Crippen LogP contribution in [0.5, 0.6) is 11.5 Å². The predicted molar refractivity (Wildman–Crippen MR) is 106 cm³/mol. The van der Waals surface area contributed by atoms with Crippen LogP contribution in [-0.2, 0) is 6.54 Å². The molecule has 0 radical (unpaired) electrons. The molecule has 138 valence electrons. The summed E-state index contributed by atoms with van der Waals surface area (Å²) in [5, 5.41) is 10.6. The number of rotatable bonds is 2. The Kier molecular flexibility index (Phi) is 4.44. The van der Waals surface area contributed by atoms with Crippen LogP contribution in [0.3, 0.4) is 0 Å². The van der Waals surface area contributed by atoms with Crippen LogP contribution in [0, 0.1) is 20.8 Å². The Labute approximate surface area is 159 Å². The van der Waals surface area contributed by atoms with Crippen molar-refractivity contribution in [3.8, 4) is 22.6 Å². The zero-order valence-corrected chi connectivity index (χ0v) is 15.9. The maximum Gasteiger partial charge on any atom is 0.166 e. The molecule has 27 heavy (non-hydrogen) atoms. The second-order valence-corrected chi connectivity index (χ2v) is 6.99. The molecule has 2 aromatic carbocycles. The van der Waals surface area contributed by atoms with Gasteiger partial charge in [0.05, 0.1) is 17.9 Å². The lowest BCUT2D eigenvalue weighted by Gasteiger charge is -2.22. The molecule has 0 saturated carbocycles. The minimum atomic E-state index is 0.180. The number of aromatic nitrogens is 2. The van der Waals surface area contributed by atoms with Crippen molar-refractivity contribution in [3.63, 3.8) is 0 Å². The van der Waals surface area contributed by atoms with E-state index in [0.29, 0.717) is 25.4 Å². The molecule has 0 spiro atoms. The zero-order chi connectivity index (χ0) is 19.0. The first-order valence-electron chi connectivity index (χ1n) is 9.13. The van der Waals surface area contributed by atoms with E-state index in [-0.39, 0.29) is 5.75 Å². The first kappa shape index (κ1) is 17.3. The molecule has 0 atom stereocenters. The van der Waals surface area contributed by atoms with Gasteiger partial charge in [0, 0.05) is 18.3 Å². The van der Waals surface area contributed by atoms with Gasteiger partial charge >= 0.3 is 0 Å². The molecule has 0 fully saturated rings. The molecular weight excluding hydrogens is 338 g/mol. The van der Waals surface area contributed by atoms with Crippen LogP contribution in [0.4, 0.5) is 5.82 Å². The molecule has 0 amide bonds. The van der Waals surface area contributed by atoms with Crippen molar-refractivity contribution in [2.75, 3.05) is 18.1 Å². The fourth-order valence-corrected chi connectivity index (χ4v) is 3.56. The molecule has 4 rings (SSSR count). The normalized spacial score (nSPS) is 13.7. The van der Waals surface area contributed by atoms with Crippen LogP contribution < -0.4 is 9.64 Å². The summed E-state index contributed by atoms with van der Waals surface area (Å²) < 4.78 is 5.88. The van der Waals surface area contributed by atoms with Crippen molar-refractivity contribution in [2.24, 2.45) is 0 Å². The maximum atomic E-state index is 10.6. The molecule has 5 nitrogen and oxygen atoms in total. The lowest BCUT2D eigenvalue weighted by molar-refractivity contribution is 0.311. The van der Waals surface area contributed by atoms with Gasteiger partial charge in [0.1, 0.15) is 6.61 Å². The summed E-state index contributed by atoms with van der Waals surface area (Å²) in [5.41, 5.74) is 6.00. The standard InChI is InChI=1S/C22H23N3O2/c1-14-6-4-5-7-19(14)17-10-18-13-25(8-9-27-21(18)20(26)11-17)22-16(3)23-12-15(2)24-22/h4-7,10-12,26H,8-9,13H2,1-3H3. The second kappa shape index (κ2) is 6.91. The van der Waals surface area contributed by atoms with Gasteiger partial charge in [-0.15, -0.1) is 0 Å². The number of nitrogens with zero attached hydrogens (tertiary/aromatic N) is 3. The highest BCUT2D eigenvalue weighted by Crippen LogP contribution is 2.39. The van der Waals surface area contributed by atoms with Crippen molar-refractivity contribution >= 4 is 5.82 Å². The van der Waals surface area contributed by atoms with Gasteiger partial charge < -0.3 is 14.7 Å². The SMILES string of the molecule is Cc1cnc(C)c(N2CCOc3c(O)cc(-c4ccccc4C)cc3C2)n1. The molecule has 0 aliphatic carbocycles. The number of hydrogen-bond acceptors (Lipinski definition) is 5. The smallest absolute Gasteiger partial charge is 0.166 e. The fourth-order valence-electron chi connectivity index (χ4n) is 3.56. The average molecular weight is 361 g/mol. The molecule has 1 aromatic heterocycles. The van der Waals surface area contributed by atoms with Crippen molar-refractivity contribution in [2.45, 2.75) is 27.3 Å². The van der Waals surface area contributed by atoms with Crippen LogP contribution in [0.15, 0.2) is 42.6 Å². The molecule has 0 saturated heterocycles. The van der Waals surface area contributed by atoms with Gasteiger partial charge in [0.25, 0.3) is 0 Å². The zero-order valence-electron chi connectivity index (χ0n) is 15.9. The Morgan fingerprint density at radius 2 is 1.93 bits per heavy atom. The Hall–Kier alpha value is -3.08. The number of hydrogen-bond donors (Lipinski definition) is 1. The quantitative estimate of drug-likeness (QED) is 0.742. The lowest BCUT2D eigenvalue weighted by atomic mass is 9.98. The summed E-state index contributed by atoms with van der Waals surface area (Å²) in [5.74, 6) is 1.61. The topological polar surface area (TPSA) is 58.5 Å². The van der Waals surface area contributed by atoms with E-state index in [9.17, 15) is 5.11 Å². The molecule has 3 aromatic rings. The van der Waals surface area contributed by atoms with Crippen molar-refractivity contribution in [1.82, 2.24) is 9.97 Å². The third-order valence-electron chi connectivity index (χ3n) is 4.92. The number of fused-ring (bicyclic) bond motifs is 1. The third kappa shape index (κ3) is 3.33. The number of aryl methyl sites for hydroxylation is 3. The van der Waals surface area contributed by atoms with E-state index in [2.05, 4.69) is 40.0 Å². The number of phenols is 1. The molecule has 1 aliphatic rings. The van der Waals surface area contributed by atoms with Crippen molar-refractivity contribution in [3.05, 3.63) is 65.1 Å². The first-order valence-corrected chi connectivity index (χ1v) is 9.13. The Balaban J connectivity index is 1.77. The van der Waals surface area contributed by atoms with Crippen LogP contribution in [-0.4, -0.2) is 28.2 Å². The van der Waals surface area contributed by atoms with Crippen LogP contribution in [0.25, 0.3) is 11.1 Å². The van der Waals surface area contributed by atoms with Gasteiger partial charge in [-0.3, -0.25) is 4.98 Å². The summed E-state index contributed by atoms with van der Waals surface area (Å²) in [6.45, 7) is 7.77. The number of benzene rings is 2. The minimum absolute atomic E-state index is 0.180. The maximum absolute atomic E-state index is 10.6. The minimum Gasteiger partial charge on any atom is -0.504 e. The molecule has 2 heterocycles. The van der Waals surface area contributed by atoms with E-state index in [1.165, 1.54) is 5.56 Å². The van der Waals surface area contributed by atoms with E-state index >= 15 is 0 Å². The summed E-state index contributed by atoms with van der Waals surface area (Å²) in [6, 6.07) is 12.1. The van der Waals surface area contributed by atoms with Gasteiger partial charge in [0.15, 0.2) is 17.3 Å². The number of aromatic hydroxyl groups is 1. The highest BCUT2D eigenvalue weighted by Gasteiger charge is 2.22. The van der Waals surface area contributed by atoms with E-state index in [0.717, 1.165) is 33.9 Å². The van der Waals surface area contributed by atoms with E-state index in [4.69, 9.17) is 4.74 Å². The monoisotopic (exact) mass is 361 g/mol. The highest BCUT2D eigenvalue weighted by atomic mass is 16.5. The van der Waals surface area contributed by atoms with Gasteiger partial charge in [-0.25, -0.2) is 4.98 Å². The van der Waals surface area contributed by atoms with Gasteiger partial charge in [0.2, 0.25) is 0 Å². The Morgan fingerprint density at radius 3 is 2.74 bits per heavy atom. The van der Waals surface area contributed by atoms with Crippen LogP contribution in [0.2, 0.25) is 0 Å². The first-order chi connectivity index (χ1) is 13.0. The van der Waals surface area contributed by atoms with E-state index < -0.39 is 0 Å². The molecular formula is C22H23N3O2. The van der Waals surface area contributed by atoms with E-state index in [1.807, 2.05) is 26.0 Å². The Bertz CT molecular complexity index is 1000. The summed E-state index contributed by atoms with van der Waals surface area (Å²) in [7, 11) is 0. The lowest BCUT2D eigenvalue weighted by Crippen LogP contribution is -2.27. The summed E-state index contributed by atoms with van der Waals surface area (Å²) in [4.78, 5) is 11.3. The average Bonchev–Trinajstić information content (AvgIpc) is 2.87. The molecule has 0 bridgehead atoms. The third-order valence-corrected chi connectivity index (χ3v) is 4.92. The van der Waals surface area contributed by atoms with Gasteiger partial charge in [-0.05, 0) is 49.6 Å². The summed E-state index contributed by atoms with van der Waals surface area (Å²) in [6.07, 6.45) is 1.78. The fraction of sp³-hybridized carbons (Fsp3) is 0.273. The van der Waals surface area contributed by atoms with Crippen molar-refractivity contribution < 1.29 is 9.84 Å². The number of ether oxygens (including phenoxy) is 1. The van der Waals surface area contributed by atoms with Crippen LogP contribution in [0.1, 0.15) is 22.5 Å². The predicted octanol–water partition coefficient (Wildman–Crippen LogP) is 4.17. The van der Waals surface area contributed by atoms with Gasteiger partial charge in [-0.1, -0.05) is 24.3 Å². The second-order valence-electron chi connectivity index (χ2n) is 6.99. The van der Waals surface area contributed by atoms with Gasteiger partial charge in [-0.2, -0.15) is 0 Å². The van der Waals surface area contributed by atoms with Crippen LogP contribution >= 0.6 is 0 Å². The molecule has 0 unspecified atom stereocenters.